The molecule has 0 aliphatic heterocycles. The number of methoxy groups -OCH3 is 1. The Morgan fingerprint density at radius 3 is 2.53 bits per heavy atom. The Balaban J connectivity index is 3.96. The van der Waals surface area contributed by atoms with Crippen molar-refractivity contribution >= 4 is 11.9 Å². The van der Waals surface area contributed by atoms with Crippen molar-refractivity contribution in [2.24, 2.45) is 0 Å². The number of hydrogen-bond acceptors (Lipinski definition) is 3. The lowest BCUT2D eigenvalue weighted by atomic mass is 10.2. The minimum absolute atomic E-state index is 0.0145. The molecule has 0 atom stereocenters. The zero-order chi connectivity index (χ0) is 11.7. The van der Waals surface area contributed by atoms with Crippen molar-refractivity contribution in [3.8, 4) is 12.3 Å². The van der Waals surface area contributed by atoms with Gasteiger partial charge in [-0.05, 0) is 6.92 Å². The van der Waals surface area contributed by atoms with Gasteiger partial charge < -0.3 is 9.64 Å². The van der Waals surface area contributed by atoms with E-state index in [-0.39, 0.29) is 18.3 Å². The maximum absolute atomic E-state index is 11.5. The summed E-state index contributed by atoms with van der Waals surface area (Å²) < 4.78 is 4.50. The number of carbonyl (C=O) groups excluding carboxylic acids is 2. The molecule has 0 aliphatic rings. The molecule has 0 fully saturated rings. The lowest BCUT2D eigenvalue weighted by molar-refractivity contribution is -0.141. The monoisotopic (exact) mass is 211 g/mol. The van der Waals surface area contributed by atoms with Crippen molar-refractivity contribution in [3.63, 3.8) is 0 Å². The van der Waals surface area contributed by atoms with E-state index in [9.17, 15) is 9.59 Å². The van der Waals surface area contributed by atoms with Crippen LogP contribution in [-0.2, 0) is 14.3 Å². The summed E-state index contributed by atoms with van der Waals surface area (Å²) in [5.74, 6) is 2.09. The molecule has 0 spiro atoms. The highest BCUT2D eigenvalue weighted by molar-refractivity contribution is 5.77. The van der Waals surface area contributed by atoms with E-state index in [1.165, 1.54) is 7.11 Å². The summed E-state index contributed by atoms with van der Waals surface area (Å²) in [4.78, 5) is 24.0. The van der Waals surface area contributed by atoms with Crippen molar-refractivity contribution in [1.82, 2.24) is 4.90 Å². The van der Waals surface area contributed by atoms with E-state index in [0.29, 0.717) is 25.9 Å². The van der Waals surface area contributed by atoms with Gasteiger partial charge in [0.15, 0.2) is 0 Å². The molecule has 0 heterocycles. The molecule has 0 aromatic carbocycles. The summed E-state index contributed by atoms with van der Waals surface area (Å²) in [6.45, 7) is 2.85. The molecular weight excluding hydrogens is 194 g/mol. The quantitative estimate of drug-likeness (QED) is 0.482. The van der Waals surface area contributed by atoms with E-state index in [0.717, 1.165) is 0 Å². The molecule has 0 aromatic heterocycles. The number of carbonyl (C=O) groups is 2. The van der Waals surface area contributed by atoms with Crippen molar-refractivity contribution in [1.29, 1.82) is 0 Å². The number of ether oxygens (including phenoxy) is 1. The average Bonchev–Trinajstić information content (AvgIpc) is 2.26. The minimum Gasteiger partial charge on any atom is -0.469 e. The largest absolute Gasteiger partial charge is 0.469 e. The maximum atomic E-state index is 11.5. The second kappa shape index (κ2) is 7.86. The smallest absolute Gasteiger partial charge is 0.307 e. The summed E-state index contributed by atoms with van der Waals surface area (Å²) in [5.41, 5.74) is 0. The SMILES string of the molecule is C#CCCC(=O)N(CC)CCC(=O)OC. The van der Waals surface area contributed by atoms with Crippen molar-refractivity contribution in [2.45, 2.75) is 26.2 Å². The fourth-order valence-electron chi connectivity index (χ4n) is 1.12. The predicted octanol–water partition coefficient (Wildman–Crippen LogP) is 0.811. The van der Waals surface area contributed by atoms with Crippen LogP contribution < -0.4 is 0 Å². The Bertz CT molecular complexity index is 255. The van der Waals surface area contributed by atoms with E-state index >= 15 is 0 Å². The van der Waals surface area contributed by atoms with Crippen LogP contribution in [0.3, 0.4) is 0 Å². The Morgan fingerprint density at radius 2 is 2.07 bits per heavy atom. The third-order valence-corrected chi connectivity index (χ3v) is 2.03. The number of amides is 1. The molecule has 0 N–H and O–H groups in total. The molecule has 4 nitrogen and oxygen atoms in total. The minimum atomic E-state index is -0.307. The van der Waals surface area contributed by atoms with Crippen LogP contribution in [0.25, 0.3) is 0 Å². The number of hydrogen-bond donors (Lipinski definition) is 0. The van der Waals surface area contributed by atoms with Gasteiger partial charge >= 0.3 is 5.97 Å². The first-order valence-corrected chi connectivity index (χ1v) is 4.93. The molecule has 0 saturated heterocycles. The van der Waals surface area contributed by atoms with Crippen LogP contribution in [0.1, 0.15) is 26.2 Å². The highest BCUT2D eigenvalue weighted by Crippen LogP contribution is 1.99. The first-order valence-electron chi connectivity index (χ1n) is 4.93. The Morgan fingerprint density at radius 1 is 1.40 bits per heavy atom. The molecule has 15 heavy (non-hydrogen) atoms. The molecule has 0 bridgehead atoms. The van der Waals surface area contributed by atoms with Crippen LogP contribution in [0, 0.1) is 12.3 Å². The third kappa shape index (κ3) is 5.74. The lowest BCUT2D eigenvalue weighted by Crippen LogP contribution is -2.32. The van der Waals surface area contributed by atoms with Crippen LogP contribution >= 0.6 is 0 Å². The number of esters is 1. The van der Waals surface area contributed by atoms with Gasteiger partial charge in [0.1, 0.15) is 0 Å². The molecule has 0 aromatic rings. The van der Waals surface area contributed by atoms with Gasteiger partial charge in [-0.3, -0.25) is 9.59 Å². The predicted molar refractivity (Wildman–Crippen MR) is 57.0 cm³/mol. The van der Waals surface area contributed by atoms with Crippen LogP contribution in [0.15, 0.2) is 0 Å². The van der Waals surface area contributed by atoms with Gasteiger partial charge in [-0.25, -0.2) is 0 Å². The van der Waals surface area contributed by atoms with Gasteiger partial charge in [-0.1, -0.05) is 0 Å². The third-order valence-electron chi connectivity index (χ3n) is 2.03. The standard InChI is InChI=1S/C11H17NO3/c1-4-6-7-10(13)12(5-2)9-8-11(14)15-3/h1H,5-9H2,2-3H3. The summed E-state index contributed by atoms with van der Waals surface area (Å²) >= 11 is 0. The van der Waals surface area contributed by atoms with Crippen LogP contribution in [-0.4, -0.2) is 37.0 Å². The normalized spacial score (nSPS) is 9.13. The second-order valence-corrected chi connectivity index (χ2v) is 3.00. The number of terminal acetylenes is 1. The summed E-state index contributed by atoms with van der Waals surface area (Å²) in [7, 11) is 1.33. The fourth-order valence-corrected chi connectivity index (χ4v) is 1.12. The van der Waals surface area contributed by atoms with Crippen molar-refractivity contribution < 1.29 is 14.3 Å². The second-order valence-electron chi connectivity index (χ2n) is 3.00. The number of rotatable bonds is 6. The zero-order valence-corrected chi connectivity index (χ0v) is 9.28. The van der Waals surface area contributed by atoms with Crippen LogP contribution in [0.5, 0.6) is 0 Å². The van der Waals surface area contributed by atoms with Crippen molar-refractivity contribution in [3.05, 3.63) is 0 Å². The average molecular weight is 211 g/mol. The Kier molecular flexibility index (Phi) is 7.08. The Hall–Kier alpha value is -1.50. The molecule has 4 heteroatoms. The first kappa shape index (κ1) is 13.5. The molecule has 0 aliphatic carbocycles. The molecule has 84 valence electrons. The maximum Gasteiger partial charge on any atom is 0.307 e. The molecule has 0 unspecified atom stereocenters. The van der Waals surface area contributed by atoms with E-state index < -0.39 is 0 Å². The molecule has 0 saturated carbocycles. The topological polar surface area (TPSA) is 46.6 Å². The van der Waals surface area contributed by atoms with Crippen LogP contribution in [0.2, 0.25) is 0 Å². The summed E-state index contributed by atoms with van der Waals surface area (Å²) in [6.07, 6.45) is 6.07. The van der Waals surface area contributed by atoms with Crippen molar-refractivity contribution in [2.75, 3.05) is 20.2 Å². The fraction of sp³-hybridized carbons (Fsp3) is 0.636. The highest BCUT2D eigenvalue weighted by atomic mass is 16.5. The molecular formula is C11H17NO3. The van der Waals surface area contributed by atoms with Gasteiger partial charge in [0, 0.05) is 25.9 Å². The molecule has 0 rings (SSSR count). The van der Waals surface area contributed by atoms with Gasteiger partial charge in [0.25, 0.3) is 0 Å². The van der Waals surface area contributed by atoms with Crippen LogP contribution in [0.4, 0.5) is 0 Å². The van der Waals surface area contributed by atoms with E-state index in [1.54, 1.807) is 4.90 Å². The Labute approximate surface area is 90.6 Å². The van der Waals surface area contributed by atoms with Gasteiger partial charge in [-0.15, -0.1) is 12.3 Å². The van der Waals surface area contributed by atoms with Gasteiger partial charge in [0.2, 0.25) is 5.91 Å². The van der Waals surface area contributed by atoms with E-state index in [4.69, 9.17) is 6.42 Å². The highest BCUT2D eigenvalue weighted by Gasteiger charge is 2.12. The van der Waals surface area contributed by atoms with E-state index in [1.807, 2.05) is 6.92 Å². The van der Waals surface area contributed by atoms with E-state index in [2.05, 4.69) is 10.7 Å². The lowest BCUT2D eigenvalue weighted by Gasteiger charge is -2.19. The first-order chi connectivity index (χ1) is 7.15. The van der Waals surface area contributed by atoms with Gasteiger partial charge in [-0.2, -0.15) is 0 Å². The summed E-state index contributed by atoms with van der Waals surface area (Å²) in [6, 6.07) is 0. The summed E-state index contributed by atoms with van der Waals surface area (Å²) in [5, 5.41) is 0. The molecule has 1 amide bonds. The zero-order valence-electron chi connectivity index (χ0n) is 9.28. The number of nitrogens with zero attached hydrogens (tertiary/aromatic N) is 1. The molecule has 0 radical (unpaired) electrons. The van der Waals surface area contributed by atoms with Gasteiger partial charge in [0.05, 0.1) is 13.5 Å².